The van der Waals surface area contributed by atoms with E-state index in [0.717, 1.165) is 6.07 Å². The number of ether oxygens (including phenoxy) is 1. The van der Waals surface area contributed by atoms with E-state index < -0.39 is 25.6 Å². The zero-order chi connectivity index (χ0) is 24.9. The molecule has 3 aromatic carbocycles. The van der Waals surface area contributed by atoms with Gasteiger partial charge in [0, 0.05) is 23.9 Å². The second-order valence-electron chi connectivity index (χ2n) is 6.88. The summed E-state index contributed by atoms with van der Waals surface area (Å²) in [5, 5.41) is 26.4. The van der Waals surface area contributed by atoms with Crippen LogP contribution in [-0.2, 0) is 10.0 Å². The number of hydrogen-bond acceptors (Lipinski definition) is 9. The Morgan fingerprint density at radius 1 is 0.941 bits per heavy atom. The van der Waals surface area contributed by atoms with Crippen LogP contribution in [0.3, 0.4) is 0 Å². The summed E-state index contributed by atoms with van der Waals surface area (Å²) >= 11 is 0. The quantitative estimate of drug-likeness (QED) is 0.259. The molecular weight excluding hydrogens is 466 g/mol. The number of rotatable bonds is 9. The molecule has 0 radical (unpaired) electrons. The van der Waals surface area contributed by atoms with Gasteiger partial charge in [-0.2, -0.15) is 5.10 Å². The fraction of sp³-hybridized carbons (Fsp3) is 0.0952. The van der Waals surface area contributed by atoms with Gasteiger partial charge in [-0.15, -0.1) is 0 Å². The van der Waals surface area contributed by atoms with E-state index in [-0.39, 0.29) is 22.0 Å². The van der Waals surface area contributed by atoms with Crippen LogP contribution < -0.4 is 14.9 Å². The van der Waals surface area contributed by atoms with E-state index in [9.17, 15) is 28.6 Å². The highest BCUT2D eigenvalue weighted by atomic mass is 32.2. The van der Waals surface area contributed by atoms with Crippen molar-refractivity contribution in [1.29, 1.82) is 0 Å². The lowest BCUT2D eigenvalue weighted by atomic mass is 10.1. The summed E-state index contributed by atoms with van der Waals surface area (Å²) < 4.78 is 32.8. The molecule has 0 aliphatic rings. The fourth-order valence-electron chi connectivity index (χ4n) is 2.83. The molecule has 0 amide bonds. The molecule has 0 bridgehead atoms. The van der Waals surface area contributed by atoms with Crippen molar-refractivity contribution in [2.24, 2.45) is 5.10 Å². The Morgan fingerprint density at radius 2 is 1.59 bits per heavy atom. The van der Waals surface area contributed by atoms with E-state index in [1.165, 1.54) is 55.6 Å². The van der Waals surface area contributed by atoms with Crippen LogP contribution in [0.2, 0.25) is 0 Å². The lowest BCUT2D eigenvalue weighted by molar-refractivity contribution is -0.384. The molecule has 0 aliphatic carbocycles. The van der Waals surface area contributed by atoms with Gasteiger partial charge in [0.05, 0.1) is 27.6 Å². The van der Waals surface area contributed by atoms with Crippen LogP contribution in [0, 0.1) is 20.2 Å². The first kappa shape index (κ1) is 24.1. The normalized spacial score (nSPS) is 11.5. The Balaban J connectivity index is 1.83. The minimum absolute atomic E-state index is 0.0327. The average molecular weight is 485 g/mol. The largest absolute Gasteiger partial charge is 0.497 e. The van der Waals surface area contributed by atoms with Crippen molar-refractivity contribution in [1.82, 2.24) is 0 Å². The molecule has 0 unspecified atom stereocenters. The van der Waals surface area contributed by atoms with Crippen molar-refractivity contribution in [2.75, 3.05) is 17.3 Å². The van der Waals surface area contributed by atoms with Crippen molar-refractivity contribution >= 4 is 38.5 Å². The summed E-state index contributed by atoms with van der Waals surface area (Å²) in [6.45, 7) is 1.61. The van der Waals surface area contributed by atoms with Crippen molar-refractivity contribution in [3.63, 3.8) is 0 Å². The lowest BCUT2D eigenvalue weighted by Crippen LogP contribution is -2.13. The summed E-state index contributed by atoms with van der Waals surface area (Å²) in [4.78, 5) is 20.8. The van der Waals surface area contributed by atoms with Gasteiger partial charge in [0.25, 0.3) is 21.4 Å². The molecule has 12 nitrogen and oxygen atoms in total. The minimum atomic E-state index is -4.10. The molecule has 0 aliphatic heterocycles. The minimum Gasteiger partial charge on any atom is -0.497 e. The maximum Gasteiger partial charge on any atom is 0.295 e. The molecule has 34 heavy (non-hydrogen) atoms. The van der Waals surface area contributed by atoms with E-state index in [2.05, 4.69) is 15.2 Å². The molecule has 0 saturated carbocycles. The molecule has 0 aromatic heterocycles. The number of benzene rings is 3. The highest BCUT2D eigenvalue weighted by molar-refractivity contribution is 7.92. The Hall–Kier alpha value is -4.52. The molecule has 3 aromatic rings. The van der Waals surface area contributed by atoms with Crippen LogP contribution in [0.1, 0.15) is 12.5 Å². The zero-order valence-corrected chi connectivity index (χ0v) is 18.8. The Labute approximate surface area is 194 Å². The maximum absolute atomic E-state index is 12.7. The number of hydrogen-bond donors (Lipinski definition) is 2. The van der Waals surface area contributed by atoms with E-state index in [4.69, 9.17) is 4.74 Å². The molecule has 0 atom stereocenters. The van der Waals surface area contributed by atoms with Crippen LogP contribution in [0.25, 0.3) is 0 Å². The van der Waals surface area contributed by atoms with Gasteiger partial charge in [0.15, 0.2) is 0 Å². The van der Waals surface area contributed by atoms with Gasteiger partial charge in [-0.1, -0.05) is 0 Å². The molecule has 0 fully saturated rings. The second kappa shape index (κ2) is 9.95. The summed E-state index contributed by atoms with van der Waals surface area (Å²) in [5.74, 6) is 0.540. The Kier molecular flexibility index (Phi) is 7.06. The SMILES string of the molecule is COc1ccc(NS(=O)(=O)c2ccc(N/N=C(/C)c3ccc([N+](=O)[O-])cc3)c([N+](=O)[O-])c2)cc1. The second-order valence-corrected chi connectivity index (χ2v) is 8.57. The van der Waals surface area contributed by atoms with E-state index >= 15 is 0 Å². The monoisotopic (exact) mass is 485 g/mol. The number of nitrogens with one attached hydrogen (secondary N) is 2. The summed E-state index contributed by atoms with van der Waals surface area (Å²) in [6, 6.07) is 15.1. The lowest BCUT2D eigenvalue weighted by Gasteiger charge is -2.10. The third kappa shape index (κ3) is 5.63. The van der Waals surface area contributed by atoms with Gasteiger partial charge in [-0.05, 0) is 61.0 Å². The number of sulfonamides is 1. The smallest absolute Gasteiger partial charge is 0.295 e. The molecule has 2 N–H and O–H groups in total. The van der Waals surface area contributed by atoms with Crippen LogP contribution in [-0.4, -0.2) is 31.1 Å². The van der Waals surface area contributed by atoms with Crippen molar-refractivity contribution in [2.45, 2.75) is 11.8 Å². The Bertz CT molecular complexity index is 1360. The van der Waals surface area contributed by atoms with Gasteiger partial charge in [-0.25, -0.2) is 8.42 Å². The number of nitro groups is 2. The van der Waals surface area contributed by atoms with Crippen molar-refractivity contribution in [3.8, 4) is 5.75 Å². The third-order valence-electron chi connectivity index (χ3n) is 4.66. The highest BCUT2D eigenvalue weighted by Gasteiger charge is 2.22. The van der Waals surface area contributed by atoms with Crippen molar-refractivity contribution in [3.05, 3.63) is 92.5 Å². The van der Waals surface area contributed by atoms with Crippen LogP contribution in [0.5, 0.6) is 5.75 Å². The highest BCUT2D eigenvalue weighted by Crippen LogP contribution is 2.29. The van der Waals surface area contributed by atoms with E-state index in [1.54, 1.807) is 19.1 Å². The standard InChI is InChI=1S/C21H19N5O7S/c1-14(15-3-7-17(8-4-15)25(27)28)22-23-20-12-11-19(13-21(20)26(29)30)34(31,32)24-16-5-9-18(33-2)10-6-16/h3-13,23-24H,1-2H3/b22-14-. The number of nitro benzene ring substituents is 2. The first-order valence-corrected chi connectivity index (χ1v) is 11.1. The van der Waals surface area contributed by atoms with Gasteiger partial charge in [0.2, 0.25) is 0 Å². The van der Waals surface area contributed by atoms with Crippen molar-refractivity contribution < 1.29 is 23.0 Å². The van der Waals surface area contributed by atoms with Gasteiger partial charge in [0.1, 0.15) is 11.4 Å². The Morgan fingerprint density at radius 3 is 2.15 bits per heavy atom. The third-order valence-corrected chi connectivity index (χ3v) is 6.04. The van der Waals surface area contributed by atoms with E-state index in [1.807, 2.05) is 0 Å². The fourth-order valence-corrected chi connectivity index (χ4v) is 3.91. The zero-order valence-electron chi connectivity index (χ0n) is 18.0. The van der Waals surface area contributed by atoms with Gasteiger partial charge >= 0.3 is 0 Å². The maximum atomic E-state index is 12.7. The molecule has 3 rings (SSSR count). The van der Waals surface area contributed by atoms with Gasteiger partial charge in [-0.3, -0.25) is 30.4 Å². The number of methoxy groups -OCH3 is 1. The van der Waals surface area contributed by atoms with Gasteiger partial charge < -0.3 is 4.74 Å². The molecule has 0 spiro atoms. The molecule has 0 saturated heterocycles. The van der Waals surface area contributed by atoms with E-state index in [0.29, 0.717) is 17.0 Å². The first-order valence-electron chi connectivity index (χ1n) is 9.61. The molecule has 176 valence electrons. The van der Waals surface area contributed by atoms with Crippen LogP contribution in [0.4, 0.5) is 22.7 Å². The van der Waals surface area contributed by atoms with Crippen LogP contribution in [0.15, 0.2) is 76.7 Å². The topological polar surface area (TPSA) is 166 Å². The molecule has 0 heterocycles. The summed E-state index contributed by atoms with van der Waals surface area (Å²) in [7, 11) is -2.63. The summed E-state index contributed by atoms with van der Waals surface area (Å²) in [6.07, 6.45) is 0. The molecular formula is C21H19N5O7S. The predicted octanol–water partition coefficient (Wildman–Crippen LogP) is 4.15. The first-order chi connectivity index (χ1) is 16.1. The number of anilines is 2. The predicted molar refractivity (Wildman–Crippen MR) is 126 cm³/mol. The number of hydrazone groups is 1. The summed E-state index contributed by atoms with van der Waals surface area (Å²) in [5.41, 5.74) is 3.16. The average Bonchev–Trinajstić information content (AvgIpc) is 2.82. The molecule has 13 heteroatoms. The number of nitrogens with zero attached hydrogens (tertiary/aromatic N) is 3. The van der Waals surface area contributed by atoms with Crippen LogP contribution >= 0.6 is 0 Å². The number of non-ortho nitro benzene ring substituents is 1.